The molecule has 1 aromatic heterocycles. The molecule has 174 valence electrons. The quantitative estimate of drug-likeness (QED) is 0.413. The molecular formula is C26H21N5O3S. The molecule has 2 amide bonds. The van der Waals surface area contributed by atoms with Gasteiger partial charge in [-0.3, -0.25) is 14.5 Å². The lowest BCUT2D eigenvalue weighted by Crippen LogP contribution is -2.31. The molecule has 1 aliphatic heterocycles. The van der Waals surface area contributed by atoms with Gasteiger partial charge in [0.2, 0.25) is 5.91 Å². The largest absolute Gasteiger partial charge is 0.497 e. The van der Waals surface area contributed by atoms with E-state index in [1.807, 2.05) is 84.9 Å². The second-order valence-electron chi connectivity index (χ2n) is 7.59. The Balaban J connectivity index is 1.47. The lowest BCUT2D eigenvalue weighted by atomic mass is 10.1. The molecule has 1 fully saturated rings. The minimum atomic E-state index is -0.432. The van der Waals surface area contributed by atoms with Crippen molar-refractivity contribution in [3.8, 4) is 22.7 Å². The Morgan fingerprint density at radius 2 is 1.63 bits per heavy atom. The highest BCUT2D eigenvalue weighted by atomic mass is 32.2. The maximum absolute atomic E-state index is 13.3. The predicted octanol–water partition coefficient (Wildman–Crippen LogP) is 4.33. The number of amidine groups is 1. The number of hydrogen-bond acceptors (Lipinski definition) is 6. The van der Waals surface area contributed by atoms with Gasteiger partial charge in [0, 0.05) is 11.8 Å². The number of ether oxygens (including phenoxy) is 1. The van der Waals surface area contributed by atoms with Crippen molar-refractivity contribution in [2.24, 2.45) is 5.10 Å². The summed E-state index contributed by atoms with van der Waals surface area (Å²) in [7, 11) is 1.60. The first kappa shape index (κ1) is 22.4. The van der Waals surface area contributed by atoms with Gasteiger partial charge in [0.05, 0.1) is 29.8 Å². The standard InChI is InChI=1S/C26H21N5O3S/c1-34-21-14-12-18(13-15-21)24-22(16-30(29-24)19-8-4-2-5-9-19)25(33)27-28-26-31(23(32)17-35-26)20-10-6-3-7-11-20/h2-16H,17H2,1H3,(H,27,33)/b28-26+. The fraction of sp³-hybridized carbons (Fsp3) is 0.0769. The van der Waals surface area contributed by atoms with Crippen molar-refractivity contribution in [1.82, 2.24) is 15.2 Å². The summed E-state index contributed by atoms with van der Waals surface area (Å²) in [5.74, 6) is 0.438. The van der Waals surface area contributed by atoms with E-state index >= 15 is 0 Å². The van der Waals surface area contributed by atoms with Crippen molar-refractivity contribution in [3.05, 3.63) is 96.7 Å². The average molecular weight is 484 g/mol. The van der Waals surface area contributed by atoms with Gasteiger partial charge in [-0.15, -0.1) is 5.10 Å². The number of thioether (sulfide) groups is 1. The predicted molar refractivity (Wildman–Crippen MR) is 137 cm³/mol. The summed E-state index contributed by atoms with van der Waals surface area (Å²) in [6, 6.07) is 26.1. The van der Waals surface area contributed by atoms with E-state index < -0.39 is 5.91 Å². The summed E-state index contributed by atoms with van der Waals surface area (Å²) >= 11 is 1.27. The minimum absolute atomic E-state index is 0.0926. The first-order chi connectivity index (χ1) is 17.1. The molecule has 3 aromatic carbocycles. The first-order valence-electron chi connectivity index (χ1n) is 10.8. The van der Waals surface area contributed by atoms with Crippen LogP contribution in [0.5, 0.6) is 5.75 Å². The van der Waals surface area contributed by atoms with Crippen molar-refractivity contribution < 1.29 is 14.3 Å². The van der Waals surface area contributed by atoms with Gasteiger partial charge in [-0.2, -0.15) is 5.10 Å². The van der Waals surface area contributed by atoms with Crippen molar-refractivity contribution in [3.63, 3.8) is 0 Å². The lowest BCUT2D eigenvalue weighted by molar-refractivity contribution is -0.115. The third-order valence-electron chi connectivity index (χ3n) is 5.38. The molecule has 2 heterocycles. The second-order valence-corrected chi connectivity index (χ2v) is 8.53. The van der Waals surface area contributed by atoms with Crippen LogP contribution in [-0.2, 0) is 4.79 Å². The van der Waals surface area contributed by atoms with Gasteiger partial charge in [-0.25, -0.2) is 10.1 Å². The number of benzene rings is 3. The molecule has 35 heavy (non-hydrogen) atoms. The number of amides is 2. The van der Waals surface area contributed by atoms with Crippen LogP contribution in [0.25, 0.3) is 16.9 Å². The van der Waals surface area contributed by atoms with E-state index in [9.17, 15) is 9.59 Å². The smallest absolute Gasteiger partial charge is 0.275 e. The highest BCUT2D eigenvalue weighted by Gasteiger charge is 2.30. The maximum atomic E-state index is 13.3. The Morgan fingerprint density at radius 1 is 0.971 bits per heavy atom. The molecular weight excluding hydrogens is 462 g/mol. The first-order valence-corrected chi connectivity index (χ1v) is 11.8. The molecule has 0 atom stereocenters. The molecule has 1 saturated heterocycles. The third-order valence-corrected chi connectivity index (χ3v) is 6.30. The Morgan fingerprint density at radius 3 is 2.29 bits per heavy atom. The van der Waals surface area contributed by atoms with E-state index in [2.05, 4.69) is 15.6 Å². The maximum Gasteiger partial charge on any atom is 0.275 e. The molecule has 1 aliphatic rings. The van der Waals surface area contributed by atoms with Crippen LogP contribution in [0.4, 0.5) is 5.69 Å². The number of para-hydroxylation sites is 2. The zero-order chi connectivity index (χ0) is 24.2. The summed E-state index contributed by atoms with van der Waals surface area (Å²) in [4.78, 5) is 27.2. The normalized spacial score (nSPS) is 14.4. The topological polar surface area (TPSA) is 88.8 Å². The molecule has 5 rings (SSSR count). The van der Waals surface area contributed by atoms with Crippen LogP contribution in [0.2, 0.25) is 0 Å². The van der Waals surface area contributed by atoms with Crippen molar-refractivity contribution in [2.45, 2.75) is 0 Å². The molecule has 0 bridgehead atoms. The number of carbonyl (C=O) groups is 2. The number of hydrazone groups is 1. The Hall–Kier alpha value is -4.37. The SMILES string of the molecule is COc1ccc(-c2nn(-c3ccccc3)cc2C(=O)N/N=C2/SCC(=O)N2c2ccccc2)cc1. The van der Waals surface area contributed by atoms with E-state index in [1.165, 1.54) is 16.7 Å². The molecule has 1 N–H and O–H groups in total. The second kappa shape index (κ2) is 9.86. The summed E-state index contributed by atoms with van der Waals surface area (Å²) in [5, 5.41) is 9.37. The van der Waals surface area contributed by atoms with Gasteiger partial charge in [0.25, 0.3) is 5.91 Å². The molecule has 0 unspecified atom stereocenters. The van der Waals surface area contributed by atoms with Gasteiger partial charge in [0.15, 0.2) is 5.17 Å². The van der Waals surface area contributed by atoms with Gasteiger partial charge >= 0.3 is 0 Å². The van der Waals surface area contributed by atoms with Gasteiger partial charge < -0.3 is 4.74 Å². The highest BCUT2D eigenvalue weighted by molar-refractivity contribution is 8.15. The molecule has 0 spiro atoms. The molecule has 8 nitrogen and oxygen atoms in total. The summed E-state index contributed by atoms with van der Waals surface area (Å²) < 4.78 is 6.91. The van der Waals surface area contributed by atoms with E-state index in [1.54, 1.807) is 18.0 Å². The van der Waals surface area contributed by atoms with Crippen molar-refractivity contribution in [2.75, 3.05) is 17.8 Å². The number of nitrogens with one attached hydrogen (secondary N) is 1. The zero-order valence-electron chi connectivity index (χ0n) is 18.8. The number of methoxy groups -OCH3 is 1. The van der Waals surface area contributed by atoms with Gasteiger partial charge in [0.1, 0.15) is 11.4 Å². The Bertz CT molecular complexity index is 1390. The van der Waals surface area contributed by atoms with Crippen LogP contribution in [0.15, 0.2) is 96.2 Å². The van der Waals surface area contributed by atoms with Crippen LogP contribution in [-0.4, -0.2) is 39.6 Å². The van der Waals surface area contributed by atoms with E-state index in [4.69, 9.17) is 4.74 Å². The Kier molecular flexibility index (Phi) is 6.32. The number of aromatic nitrogens is 2. The van der Waals surface area contributed by atoms with Gasteiger partial charge in [-0.1, -0.05) is 48.2 Å². The zero-order valence-corrected chi connectivity index (χ0v) is 19.6. The minimum Gasteiger partial charge on any atom is -0.497 e. The Labute approximate surface area is 206 Å². The summed E-state index contributed by atoms with van der Waals surface area (Å²) in [5.41, 5.74) is 5.75. The lowest BCUT2D eigenvalue weighted by Gasteiger charge is -2.15. The molecule has 0 aliphatic carbocycles. The number of nitrogens with zero attached hydrogens (tertiary/aromatic N) is 4. The number of carbonyl (C=O) groups excluding carboxylic acids is 2. The number of rotatable bonds is 6. The molecule has 0 radical (unpaired) electrons. The van der Waals surface area contributed by atoms with E-state index in [-0.39, 0.29) is 11.7 Å². The summed E-state index contributed by atoms with van der Waals surface area (Å²) in [6.07, 6.45) is 1.67. The number of anilines is 1. The summed E-state index contributed by atoms with van der Waals surface area (Å²) in [6.45, 7) is 0. The van der Waals surface area contributed by atoms with Crippen LogP contribution in [0.3, 0.4) is 0 Å². The third kappa shape index (κ3) is 4.67. The van der Waals surface area contributed by atoms with Crippen LogP contribution >= 0.6 is 11.8 Å². The van der Waals surface area contributed by atoms with Crippen LogP contribution < -0.4 is 15.1 Å². The molecule has 9 heteroatoms. The molecule has 0 saturated carbocycles. The highest BCUT2D eigenvalue weighted by Crippen LogP contribution is 2.28. The van der Waals surface area contributed by atoms with Crippen LogP contribution in [0.1, 0.15) is 10.4 Å². The average Bonchev–Trinajstić information content (AvgIpc) is 3.52. The van der Waals surface area contributed by atoms with Crippen molar-refractivity contribution >= 4 is 34.4 Å². The fourth-order valence-corrected chi connectivity index (χ4v) is 4.48. The van der Waals surface area contributed by atoms with Gasteiger partial charge in [-0.05, 0) is 48.5 Å². The monoisotopic (exact) mass is 483 g/mol. The molecule has 4 aromatic rings. The fourth-order valence-electron chi connectivity index (χ4n) is 3.65. The van der Waals surface area contributed by atoms with E-state index in [0.29, 0.717) is 27.9 Å². The van der Waals surface area contributed by atoms with Crippen molar-refractivity contribution in [1.29, 1.82) is 0 Å². The van der Waals surface area contributed by atoms with Crippen LogP contribution in [0, 0.1) is 0 Å². The van der Waals surface area contributed by atoms with E-state index in [0.717, 1.165) is 11.3 Å². The number of hydrogen-bond donors (Lipinski definition) is 1.